The van der Waals surface area contributed by atoms with E-state index in [1.54, 1.807) is 24.3 Å². The zero-order chi connectivity index (χ0) is 21.5. The lowest BCUT2D eigenvalue weighted by Gasteiger charge is -2.05. The SMILES string of the molecule is CC(=O)c1ccc(NC(=O)Cc2csc(SCC(=O)Nc3ccc(C)cc3)n2)cc1. The number of carbonyl (C=O) groups is 3. The molecule has 0 saturated heterocycles. The van der Waals surface area contributed by atoms with Gasteiger partial charge < -0.3 is 10.6 Å². The fraction of sp³-hybridized carbons (Fsp3) is 0.182. The molecule has 154 valence electrons. The van der Waals surface area contributed by atoms with Gasteiger partial charge in [0.15, 0.2) is 10.1 Å². The fourth-order valence-corrected chi connectivity index (χ4v) is 4.20. The molecule has 8 heteroatoms. The van der Waals surface area contributed by atoms with Gasteiger partial charge in [-0.3, -0.25) is 14.4 Å². The molecular weight excluding hydrogens is 418 g/mol. The van der Waals surface area contributed by atoms with Crippen molar-refractivity contribution in [2.45, 2.75) is 24.6 Å². The van der Waals surface area contributed by atoms with Crippen LogP contribution < -0.4 is 10.6 Å². The van der Waals surface area contributed by atoms with E-state index in [9.17, 15) is 14.4 Å². The molecule has 0 unspecified atom stereocenters. The molecule has 0 aliphatic heterocycles. The Balaban J connectivity index is 1.46. The summed E-state index contributed by atoms with van der Waals surface area (Å²) < 4.78 is 0.739. The zero-order valence-electron chi connectivity index (χ0n) is 16.6. The number of nitrogens with zero attached hydrogens (tertiary/aromatic N) is 1. The number of benzene rings is 2. The lowest BCUT2D eigenvalue weighted by atomic mass is 10.1. The van der Waals surface area contributed by atoms with Gasteiger partial charge in [-0.2, -0.15) is 0 Å². The average molecular weight is 440 g/mol. The van der Waals surface area contributed by atoms with Gasteiger partial charge in [-0.15, -0.1) is 11.3 Å². The van der Waals surface area contributed by atoms with Gasteiger partial charge in [0.05, 0.1) is 17.9 Å². The van der Waals surface area contributed by atoms with Crippen molar-refractivity contribution in [2.24, 2.45) is 0 Å². The van der Waals surface area contributed by atoms with Crippen LogP contribution in [-0.2, 0) is 16.0 Å². The summed E-state index contributed by atoms with van der Waals surface area (Å²) in [5.74, 6) is -0.0694. The first-order valence-electron chi connectivity index (χ1n) is 9.23. The molecule has 2 amide bonds. The lowest BCUT2D eigenvalue weighted by Crippen LogP contribution is -2.15. The third-order valence-corrected chi connectivity index (χ3v) is 6.18. The predicted octanol–water partition coefficient (Wildman–Crippen LogP) is 4.57. The van der Waals surface area contributed by atoms with Crippen molar-refractivity contribution in [2.75, 3.05) is 16.4 Å². The van der Waals surface area contributed by atoms with E-state index in [4.69, 9.17) is 0 Å². The van der Waals surface area contributed by atoms with E-state index in [0.29, 0.717) is 16.9 Å². The average Bonchev–Trinajstić information content (AvgIpc) is 3.15. The fourth-order valence-electron chi connectivity index (χ4n) is 2.56. The van der Waals surface area contributed by atoms with E-state index >= 15 is 0 Å². The number of thiazole rings is 1. The maximum atomic E-state index is 12.2. The number of Topliss-reactive ketones (excluding diaryl/α,β-unsaturated/α-hetero) is 1. The normalized spacial score (nSPS) is 10.5. The van der Waals surface area contributed by atoms with Crippen LogP contribution in [0.15, 0.2) is 58.3 Å². The minimum absolute atomic E-state index is 0.0204. The van der Waals surface area contributed by atoms with Gasteiger partial charge in [-0.25, -0.2) is 4.98 Å². The molecule has 30 heavy (non-hydrogen) atoms. The molecule has 0 aliphatic rings. The first-order chi connectivity index (χ1) is 14.4. The molecule has 0 atom stereocenters. The predicted molar refractivity (Wildman–Crippen MR) is 121 cm³/mol. The minimum atomic E-state index is -0.190. The molecule has 3 aromatic rings. The molecule has 0 saturated carbocycles. The van der Waals surface area contributed by atoms with Crippen molar-refractivity contribution < 1.29 is 14.4 Å². The Morgan fingerprint density at radius 2 is 1.53 bits per heavy atom. The summed E-state index contributed by atoms with van der Waals surface area (Å²) in [6, 6.07) is 14.4. The van der Waals surface area contributed by atoms with Crippen LogP contribution in [0.25, 0.3) is 0 Å². The highest BCUT2D eigenvalue weighted by atomic mass is 32.2. The number of rotatable bonds is 8. The molecule has 0 fully saturated rings. The van der Waals surface area contributed by atoms with E-state index < -0.39 is 0 Å². The molecule has 1 aromatic heterocycles. The topological polar surface area (TPSA) is 88.2 Å². The molecule has 3 rings (SSSR count). The van der Waals surface area contributed by atoms with E-state index in [2.05, 4.69) is 15.6 Å². The number of aryl methyl sites for hydroxylation is 1. The number of nitrogens with one attached hydrogen (secondary N) is 2. The Hall–Kier alpha value is -2.97. The van der Waals surface area contributed by atoms with Crippen molar-refractivity contribution in [3.05, 3.63) is 70.7 Å². The van der Waals surface area contributed by atoms with E-state index in [-0.39, 0.29) is 29.8 Å². The van der Waals surface area contributed by atoms with Gasteiger partial charge >= 0.3 is 0 Å². The second-order valence-electron chi connectivity index (χ2n) is 6.67. The first kappa shape index (κ1) is 21.7. The van der Waals surface area contributed by atoms with Crippen molar-refractivity contribution in [3.63, 3.8) is 0 Å². The van der Waals surface area contributed by atoms with Gasteiger partial charge in [-0.05, 0) is 50.2 Å². The van der Waals surface area contributed by atoms with Crippen LogP contribution in [0, 0.1) is 6.92 Å². The smallest absolute Gasteiger partial charge is 0.234 e. The summed E-state index contributed by atoms with van der Waals surface area (Å²) in [4.78, 5) is 40.0. The van der Waals surface area contributed by atoms with Gasteiger partial charge in [0, 0.05) is 22.3 Å². The quantitative estimate of drug-likeness (QED) is 0.397. The molecule has 0 bridgehead atoms. The third kappa shape index (κ3) is 6.53. The van der Waals surface area contributed by atoms with Gasteiger partial charge in [0.1, 0.15) is 0 Å². The second-order valence-corrected chi connectivity index (χ2v) is 8.75. The highest BCUT2D eigenvalue weighted by Gasteiger charge is 2.11. The highest BCUT2D eigenvalue weighted by molar-refractivity contribution is 8.01. The summed E-state index contributed by atoms with van der Waals surface area (Å²) >= 11 is 2.75. The summed E-state index contributed by atoms with van der Waals surface area (Å²) in [6.07, 6.45) is 0.140. The van der Waals surface area contributed by atoms with Crippen LogP contribution in [0.2, 0.25) is 0 Å². The number of anilines is 2. The Bertz CT molecular complexity index is 1040. The maximum Gasteiger partial charge on any atom is 0.234 e. The Morgan fingerprint density at radius 1 is 0.933 bits per heavy atom. The van der Waals surface area contributed by atoms with Crippen LogP contribution in [0.1, 0.15) is 28.5 Å². The molecule has 0 spiro atoms. The Kier molecular flexibility index (Phi) is 7.37. The number of thioether (sulfide) groups is 1. The standard InChI is InChI=1S/C22H21N3O3S2/c1-14-3-7-17(8-4-14)24-21(28)13-30-22-25-19(12-29-22)11-20(27)23-18-9-5-16(6-10-18)15(2)26/h3-10,12H,11,13H2,1-2H3,(H,23,27)(H,24,28). The summed E-state index contributed by atoms with van der Waals surface area (Å²) in [5.41, 5.74) is 3.77. The largest absolute Gasteiger partial charge is 0.326 e. The number of carbonyl (C=O) groups excluding carboxylic acids is 3. The molecular formula is C22H21N3O3S2. The van der Waals surface area contributed by atoms with E-state index in [1.165, 1.54) is 30.0 Å². The van der Waals surface area contributed by atoms with Crippen molar-refractivity contribution >= 4 is 52.1 Å². The Morgan fingerprint density at radius 3 is 2.17 bits per heavy atom. The van der Waals surface area contributed by atoms with Crippen LogP contribution in [0.5, 0.6) is 0 Å². The van der Waals surface area contributed by atoms with Crippen LogP contribution in [0.4, 0.5) is 11.4 Å². The van der Waals surface area contributed by atoms with Gasteiger partial charge in [0.2, 0.25) is 11.8 Å². The van der Waals surface area contributed by atoms with Crippen LogP contribution in [0.3, 0.4) is 0 Å². The maximum absolute atomic E-state index is 12.2. The molecule has 0 radical (unpaired) electrons. The second kappa shape index (κ2) is 10.2. The molecule has 2 aromatic carbocycles. The summed E-state index contributed by atoms with van der Waals surface area (Å²) in [5, 5.41) is 7.46. The molecule has 1 heterocycles. The van der Waals surface area contributed by atoms with Crippen LogP contribution >= 0.6 is 23.1 Å². The number of hydrogen-bond acceptors (Lipinski definition) is 6. The third-order valence-electron chi connectivity index (χ3n) is 4.11. The Labute approximate surface area is 183 Å². The lowest BCUT2D eigenvalue weighted by molar-refractivity contribution is -0.116. The summed E-state index contributed by atoms with van der Waals surface area (Å²) in [7, 11) is 0. The van der Waals surface area contributed by atoms with Gasteiger partial charge in [-0.1, -0.05) is 29.5 Å². The van der Waals surface area contributed by atoms with Gasteiger partial charge in [0.25, 0.3) is 0 Å². The molecule has 2 N–H and O–H groups in total. The number of aromatic nitrogens is 1. The number of ketones is 1. The monoisotopic (exact) mass is 439 g/mol. The number of hydrogen-bond donors (Lipinski definition) is 2. The highest BCUT2D eigenvalue weighted by Crippen LogP contribution is 2.23. The zero-order valence-corrected chi connectivity index (χ0v) is 18.2. The van der Waals surface area contributed by atoms with Crippen LogP contribution in [-0.4, -0.2) is 28.3 Å². The number of amides is 2. The van der Waals surface area contributed by atoms with Crippen molar-refractivity contribution in [1.29, 1.82) is 0 Å². The van der Waals surface area contributed by atoms with E-state index in [1.807, 2.05) is 36.6 Å². The molecule has 0 aliphatic carbocycles. The summed E-state index contributed by atoms with van der Waals surface area (Å²) in [6.45, 7) is 3.49. The molecule has 6 nitrogen and oxygen atoms in total. The van der Waals surface area contributed by atoms with Crippen molar-refractivity contribution in [1.82, 2.24) is 4.98 Å². The van der Waals surface area contributed by atoms with Crippen molar-refractivity contribution in [3.8, 4) is 0 Å². The van der Waals surface area contributed by atoms with E-state index in [0.717, 1.165) is 15.6 Å². The minimum Gasteiger partial charge on any atom is -0.326 e. The first-order valence-corrected chi connectivity index (χ1v) is 11.1.